The van der Waals surface area contributed by atoms with Crippen LogP contribution >= 0.6 is 0 Å². The highest BCUT2D eigenvalue weighted by atomic mass is 19.1. The fourth-order valence-electron chi connectivity index (χ4n) is 3.26. The molecule has 0 radical (unpaired) electrons. The first-order chi connectivity index (χ1) is 12.6. The van der Waals surface area contributed by atoms with Gasteiger partial charge in [0.25, 0.3) is 5.91 Å². The van der Waals surface area contributed by atoms with Crippen LogP contribution in [0.5, 0.6) is 0 Å². The molecule has 0 N–H and O–H groups in total. The molecule has 0 aromatic carbocycles. The lowest BCUT2D eigenvalue weighted by Crippen LogP contribution is -2.49. The smallest absolute Gasteiger partial charge is 0.277 e. The van der Waals surface area contributed by atoms with Crippen LogP contribution in [-0.2, 0) is 6.54 Å². The van der Waals surface area contributed by atoms with Crippen LogP contribution in [0.4, 0.5) is 4.39 Å². The van der Waals surface area contributed by atoms with Gasteiger partial charge in [0.15, 0.2) is 5.69 Å². The number of nitrogens with zero attached hydrogens (tertiary/aromatic N) is 7. The Bertz CT molecular complexity index is 913. The molecule has 1 fully saturated rings. The van der Waals surface area contributed by atoms with Gasteiger partial charge in [-0.1, -0.05) is 6.07 Å². The van der Waals surface area contributed by atoms with E-state index in [1.54, 1.807) is 41.0 Å². The number of imidazole rings is 1. The first-order valence-electron chi connectivity index (χ1n) is 8.61. The van der Waals surface area contributed by atoms with Crippen LogP contribution in [0.3, 0.4) is 0 Å². The quantitative estimate of drug-likeness (QED) is 0.692. The number of carbonyl (C=O) groups is 1. The molecular weight excluding hydrogens is 337 g/mol. The number of amides is 1. The third-order valence-corrected chi connectivity index (χ3v) is 4.76. The van der Waals surface area contributed by atoms with E-state index in [0.717, 1.165) is 26.2 Å². The molecule has 4 rings (SSSR count). The predicted molar refractivity (Wildman–Crippen MR) is 92.3 cm³/mol. The monoisotopic (exact) mass is 357 g/mol. The summed E-state index contributed by atoms with van der Waals surface area (Å²) in [5, 5.41) is 4.08. The Labute approximate surface area is 149 Å². The number of hydrogen-bond donors (Lipinski definition) is 0. The van der Waals surface area contributed by atoms with Crippen LogP contribution in [-0.4, -0.2) is 72.6 Å². The maximum atomic E-state index is 14.7. The second-order valence-electron chi connectivity index (χ2n) is 6.40. The Morgan fingerprint density at radius 3 is 2.69 bits per heavy atom. The van der Waals surface area contributed by atoms with Gasteiger partial charge < -0.3 is 4.90 Å². The van der Waals surface area contributed by atoms with E-state index in [9.17, 15) is 9.18 Å². The summed E-state index contributed by atoms with van der Waals surface area (Å²) in [7, 11) is 0. The molecular formula is C17H20FN7O. The molecule has 8 nitrogen and oxygen atoms in total. The van der Waals surface area contributed by atoms with Gasteiger partial charge in [-0.3, -0.25) is 18.8 Å². The molecule has 1 saturated heterocycles. The standard InChI is InChI=1S/C17H20FN7O/c1-13-3-2-4-14-21-15(16(18)25(13)14)17(26)23-8-5-22(6-9-23)7-10-24-12-19-11-20-24/h2-4,11-12H,5-10H2,1H3. The van der Waals surface area contributed by atoms with Crippen molar-refractivity contribution in [2.45, 2.75) is 13.5 Å². The SMILES string of the molecule is Cc1cccc2nc(C(=O)N3CCN(CCn4cncn4)CC3)c(F)n12. The highest BCUT2D eigenvalue weighted by molar-refractivity contribution is 5.93. The zero-order valence-electron chi connectivity index (χ0n) is 14.5. The van der Waals surface area contributed by atoms with E-state index in [-0.39, 0.29) is 11.6 Å². The van der Waals surface area contributed by atoms with Crippen molar-refractivity contribution in [2.24, 2.45) is 0 Å². The van der Waals surface area contributed by atoms with E-state index < -0.39 is 5.95 Å². The summed E-state index contributed by atoms with van der Waals surface area (Å²) in [4.78, 5) is 24.8. The van der Waals surface area contributed by atoms with E-state index in [1.165, 1.54) is 10.7 Å². The Kier molecular flexibility index (Phi) is 4.37. The average Bonchev–Trinajstić information content (AvgIpc) is 3.28. The van der Waals surface area contributed by atoms with Crippen LogP contribution in [0.25, 0.3) is 5.65 Å². The van der Waals surface area contributed by atoms with Crippen molar-refractivity contribution in [1.82, 2.24) is 33.9 Å². The Balaban J connectivity index is 1.41. The Morgan fingerprint density at radius 1 is 1.19 bits per heavy atom. The molecule has 3 aromatic rings. The van der Waals surface area contributed by atoms with E-state index in [1.807, 2.05) is 0 Å². The van der Waals surface area contributed by atoms with Gasteiger partial charge in [-0.25, -0.2) is 9.97 Å². The van der Waals surface area contributed by atoms with Crippen molar-refractivity contribution in [2.75, 3.05) is 32.7 Å². The third-order valence-electron chi connectivity index (χ3n) is 4.76. The largest absolute Gasteiger partial charge is 0.335 e. The number of hydrogen-bond acceptors (Lipinski definition) is 5. The number of aromatic nitrogens is 5. The minimum atomic E-state index is -0.586. The molecule has 9 heteroatoms. The van der Waals surface area contributed by atoms with Gasteiger partial charge in [0.05, 0.1) is 6.54 Å². The molecule has 0 bridgehead atoms. The second kappa shape index (κ2) is 6.83. The predicted octanol–water partition coefficient (Wildman–Crippen LogP) is 0.831. The summed E-state index contributed by atoms with van der Waals surface area (Å²) in [6.07, 6.45) is 3.20. The van der Waals surface area contributed by atoms with Gasteiger partial charge in [0.1, 0.15) is 18.3 Å². The van der Waals surface area contributed by atoms with E-state index in [4.69, 9.17) is 0 Å². The molecule has 136 valence electrons. The summed E-state index contributed by atoms with van der Waals surface area (Å²) in [6, 6.07) is 5.30. The van der Waals surface area contributed by atoms with E-state index in [0.29, 0.717) is 24.4 Å². The van der Waals surface area contributed by atoms with Gasteiger partial charge in [0.2, 0.25) is 5.95 Å². The number of piperazine rings is 1. The first-order valence-corrected chi connectivity index (χ1v) is 8.61. The minimum absolute atomic E-state index is 0.102. The molecule has 26 heavy (non-hydrogen) atoms. The Morgan fingerprint density at radius 2 is 2.00 bits per heavy atom. The molecule has 3 aromatic heterocycles. The van der Waals surface area contributed by atoms with Crippen LogP contribution < -0.4 is 0 Å². The lowest BCUT2D eigenvalue weighted by atomic mass is 10.3. The molecule has 4 heterocycles. The second-order valence-corrected chi connectivity index (χ2v) is 6.40. The van der Waals surface area contributed by atoms with Crippen molar-refractivity contribution < 1.29 is 9.18 Å². The molecule has 0 spiro atoms. The van der Waals surface area contributed by atoms with Crippen LogP contribution in [0.1, 0.15) is 16.2 Å². The number of aryl methyl sites for hydroxylation is 1. The number of halogens is 1. The summed E-state index contributed by atoms with van der Waals surface area (Å²) in [5.41, 5.74) is 1.07. The van der Waals surface area contributed by atoms with Gasteiger partial charge in [-0.05, 0) is 19.1 Å². The normalized spacial score (nSPS) is 15.7. The van der Waals surface area contributed by atoms with Gasteiger partial charge in [0, 0.05) is 38.4 Å². The molecule has 1 amide bonds. The molecule has 0 atom stereocenters. The van der Waals surface area contributed by atoms with Crippen molar-refractivity contribution in [3.05, 3.63) is 48.2 Å². The van der Waals surface area contributed by atoms with Crippen molar-refractivity contribution in [3.8, 4) is 0 Å². The maximum Gasteiger partial charge on any atom is 0.277 e. The van der Waals surface area contributed by atoms with Crippen molar-refractivity contribution >= 4 is 11.6 Å². The fourth-order valence-corrected chi connectivity index (χ4v) is 3.26. The summed E-state index contributed by atoms with van der Waals surface area (Å²) >= 11 is 0. The molecule has 0 aliphatic carbocycles. The zero-order chi connectivity index (χ0) is 18.1. The highest BCUT2D eigenvalue weighted by Gasteiger charge is 2.27. The van der Waals surface area contributed by atoms with Gasteiger partial charge >= 0.3 is 0 Å². The summed E-state index contributed by atoms with van der Waals surface area (Å²) in [5.74, 6) is -0.932. The van der Waals surface area contributed by atoms with Crippen molar-refractivity contribution in [3.63, 3.8) is 0 Å². The number of fused-ring (bicyclic) bond motifs is 1. The summed E-state index contributed by atoms with van der Waals surface area (Å²) < 4.78 is 17.8. The lowest BCUT2D eigenvalue weighted by Gasteiger charge is -2.34. The van der Waals surface area contributed by atoms with E-state index in [2.05, 4.69) is 20.0 Å². The fraction of sp³-hybridized carbons (Fsp3) is 0.412. The summed E-state index contributed by atoms with van der Waals surface area (Å²) in [6.45, 7) is 6.00. The van der Waals surface area contributed by atoms with Crippen LogP contribution in [0.15, 0.2) is 30.9 Å². The molecule has 0 saturated carbocycles. The minimum Gasteiger partial charge on any atom is -0.335 e. The topological polar surface area (TPSA) is 71.6 Å². The van der Waals surface area contributed by atoms with Gasteiger partial charge in [-0.2, -0.15) is 9.49 Å². The van der Waals surface area contributed by atoms with Crippen LogP contribution in [0, 0.1) is 12.9 Å². The van der Waals surface area contributed by atoms with Gasteiger partial charge in [-0.15, -0.1) is 0 Å². The molecule has 1 aliphatic heterocycles. The molecule has 0 unspecified atom stereocenters. The van der Waals surface area contributed by atoms with E-state index >= 15 is 0 Å². The van der Waals surface area contributed by atoms with Crippen LogP contribution in [0.2, 0.25) is 0 Å². The highest BCUT2D eigenvalue weighted by Crippen LogP contribution is 2.16. The maximum absolute atomic E-state index is 14.7. The number of carbonyl (C=O) groups excluding carboxylic acids is 1. The lowest BCUT2D eigenvalue weighted by molar-refractivity contribution is 0.0621. The zero-order valence-corrected chi connectivity index (χ0v) is 14.5. The third kappa shape index (κ3) is 3.05. The van der Waals surface area contributed by atoms with Crippen molar-refractivity contribution in [1.29, 1.82) is 0 Å². The average molecular weight is 357 g/mol. The molecule has 1 aliphatic rings. The first kappa shape index (κ1) is 16.6. The number of rotatable bonds is 4. The number of pyridine rings is 1. The Hall–Kier alpha value is -2.81.